The zero-order chi connectivity index (χ0) is 23.7. The van der Waals surface area contributed by atoms with E-state index in [1.807, 2.05) is 36.4 Å². The molecule has 0 aliphatic heterocycles. The van der Waals surface area contributed by atoms with Crippen molar-refractivity contribution in [1.82, 2.24) is 0 Å². The van der Waals surface area contributed by atoms with Crippen LogP contribution in [0.4, 0.5) is 5.69 Å². The lowest BCUT2D eigenvalue weighted by Crippen LogP contribution is -2.05. The van der Waals surface area contributed by atoms with Gasteiger partial charge in [0.2, 0.25) is 17.2 Å². The molecule has 4 aromatic rings. The Bertz CT molecular complexity index is 1400. The van der Waals surface area contributed by atoms with Gasteiger partial charge in [0, 0.05) is 16.5 Å². The molecule has 5 N–H and O–H groups in total. The van der Waals surface area contributed by atoms with Crippen molar-refractivity contribution in [1.29, 1.82) is 0 Å². The molecule has 0 aliphatic rings. The third-order valence-corrected chi connectivity index (χ3v) is 5.45. The second-order valence-corrected chi connectivity index (χ2v) is 7.41. The van der Waals surface area contributed by atoms with Crippen molar-refractivity contribution in [3.63, 3.8) is 0 Å². The summed E-state index contributed by atoms with van der Waals surface area (Å²) in [6, 6.07) is 18.0. The molecular weight excluding hydrogens is 444 g/mol. The Kier molecular flexibility index (Phi) is 5.81. The average Bonchev–Trinajstić information content (AvgIpc) is 2.84. The first kappa shape index (κ1) is 22.0. The number of alkyl halides is 1. The van der Waals surface area contributed by atoms with Gasteiger partial charge in [-0.05, 0) is 29.8 Å². The molecule has 4 rings (SSSR count). The summed E-state index contributed by atoms with van der Waals surface area (Å²) in [5.41, 5.74) is 2.35. The summed E-state index contributed by atoms with van der Waals surface area (Å²) in [6.45, 7) is 3.71. The summed E-state index contributed by atoms with van der Waals surface area (Å²) in [7, 11) is 0. The van der Waals surface area contributed by atoms with Gasteiger partial charge in [-0.3, -0.25) is 9.98 Å². The number of benzene rings is 4. The highest BCUT2D eigenvalue weighted by molar-refractivity contribution is 6.22. The molecule has 7 nitrogen and oxygen atoms in total. The highest BCUT2D eigenvalue weighted by Crippen LogP contribution is 2.54. The number of phenolic OH excluding ortho intramolecular Hbond substituents is 5. The van der Waals surface area contributed by atoms with Crippen LogP contribution in [0.25, 0.3) is 21.9 Å². The Hall–Kier alpha value is -4.23. The van der Waals surface area contributed by atoms with Crippen LogP contribution in [0, 0.1) is 0 Å². The molecule has 0 amide bonds. The predicted octanol–water partition coefficient (Wildman–Crippen LogP) is 5.40. The van der Waals surface area contributed by atoms with E-state index < -0.39 is 28.7 Å². The van der Waals surface area contributed by atoms with Gasteiger partial charge in [0.25, 0.3) is 0 Å². The minimum atomic E-state index is -1.02. The van der Waals surface area contributed by atoms with E-state index in [4.69, 9.17) is 11.6 Å². The van der Waals surface area contributed by atoms with Crippen molar-refractivity contribution in [2.45, 2.75) is 0 Å². The standard InChI is InChI=1S/C25H19ClN2O5/c1-27-20-16-8-3-2-5-13(16)9-10-17(20)19(28-12-26)15-7-4-6-14(11-15)18-21(29)23(31)25(33)24(32)22(18)30/h2-11,29-33H,1,12H2/b28-19-. The Morgan fingerprint density at radius 1 is 0.788 bits per heavy atom. The first-order chi connectivity index (χ1) is 15.9. The molecule has 0 atom stereocenters. The lowest BCUT2D eigenvalue weighted by atomic mass is 9.93. The van der Waals surface area contributed by atoms with Crippen LogP contribution in [0.1, 0.15) is 11.1 Å². The van der Waals surface area contributed by atoms with Crippen LogP contribution >= 0.6 is 11.6 Å². The Morgan fingerprint density at radius 3 is 2.12 bits per heavy atom. The van der Waals surface area contributed by atoms with E-state index in [2.05, 4.69) is 16.7 Å². The fourth-order valence-corrected chi connectivity index (χ4v) is 3.91. The molecule has 8 heteroatoms. The topological polar surface area (TPSA) is 126 Å². The van der Waals surface area contributed by atoms with E-state index in [1.165, 1.54) is 0 Å². The van der Waals surface area contributed by atoms with Gasteiger partial charge in [-0.1, -0.05) is 48.5 Å². The Labute approximate surface area is 193 Å². The van der Waals surface area contributed by atoms with E-state index in [9.17, 15) is 25.5 Å². The molecule has 0 aliphatic carbocycles. The first-order valence-corrected chi connectivity index (χ1v) is 10.3. The lowest BCUT2D eigenvalue weighted by Gasteiger charge is -2.15. The molecule has 0 saturated heterocycles. The van der Waals surface area contributed by atoms with E-state index in [0.717, 1.165) is 10.8 Å². The number of hydrogen-bond donors (Lipinski definition) is 5. The minimum absolute atomic E-state index is 0.0414. The number of rotatable bonds is 5. The average molecular weight is 463 g/mol. The number of hydrogen-bond acceptors (Lipinski definition) is 7. The quantitative estimate of drug-likeness (QED) is 0.0892. The number of aromatic hydroxyl groups is 5. The monoisotopic (exact) mass is 462 g/mol. The van der Waals surface area contributed by atoms with Gasteiger partial charge in [-0.2, -0.15) is 0 Å². The first-order valence-electron chi connectivity index (χ1n) is 9.77. The second-order valence-electron chi connectivity index (χ2n) is 7.17. The van der Waals surface area contributed by atoms with Crippen LogP contribution in [0.5, 0.6) is 28.7 Å². The van der Waals surface area contributed by atoms with E-state index >= 15 is 0 Å². The van der Waals surface area contributed by atoms with Gasteiger partial charge in [-0.15, -0.1) is 11.6 Å². The highest BCUT2D eigenvalue weighted by Gasteiger charge is 2.25. The summed E-state index contributed by atoms with van der Waals surface area (Å²) in [4.78, 5) is 8.66. The van der Waals surface area contributed by atoms with Gasteiger partial charge in [0.15, 0.2) is 11.5 Å². The molecule has 0 aromatic heterocycles. The molecule has 0 saturated carbocycles. The molecule has 166 valence electrons. The van der Waals surface area contributed by atoms with E-state index in [-0.39, 0.29) is 17.1 Å². The van der Waals surface area contributed by atoms with Crippen LogP contribution in [0.2, 0.25) is 0 Å². The van der Waals surface area contributed by atoms with Gasteiger partial charge in [-0.25, -0.2) is 0 Å². The highest BCUT2D eigenvalue weighted by atomic mass is 35.5. The number of phenols is 5. The predicted molar refractivity (Wildman–Crippen MR) is 130 cm³/mol. The zero-order valence-corrected chi connectivity index (χ0v) is 18.0. The van der Waals surface area contributed by atoms with Gasteiger partial charge < -0.3 is 25.5 Å². The fourth-order valence-electron chi connectivity index (χ4n) is 3.79. The number of halogens is 1. The molecule has 0 heterocycles. The minimum Gasteiger partial charge on any atom is -0.504 e. The van der Waals surface area contributed by atoms with Crippen molar-refractivity contribution in [3.8, 4) is 39.9 Å². The SMILES string of the molecule is C=Nc1c(/C(=N\CCl)c2cccc(-c3c(O)c(O)c(O)c(O)c3O)c2)ccc2ccccc12. The van der Waals surface area contributed by atoms with Gasteiger partial charge in [0.1, 0.15) is 6.00 Å². The van der Waals surface area contributed by atoms with E-state index in [1.54, 1.807) is 24.3 Å². The van der Waals surface area contributed by atoms with Crippen molar-refractivity contribution >= 4 is 40.5 Å². The van der Waals surface area contributed by atoms with Crippen LogP contribution in [0.3, 0.4) is 0 Å². The fraction of sp³-hybridized carbons (Fsp3) is 0.0400. The summed E-state index contributed by atoms with van der Waals surface area (Å²) in [5.74, 6) is -4.49. The molecule has 4 aromatic carbocycles. The van der Waals surface area contributed by atoms with Crippen molar-refractivity contribution in [2.24, 2.45) is 9.98 Å². The molecule has 33 heavy (non-hydrogen) atoms. The summed E-state index contributed by atoms with van der Waals surface area (Å²) in [6.07, 6.45) is 0. The molecule has 0 fully saturated rings. The number of nitrogens with zero attached hydrogens (tertiary/aromatic N) is 2. The molecule has 0 unspecified atom stereocenters. The van der Waals surface area contributed by atoms with Crippen LogP contribution < -0.4 is 0 Å². The van der Waals surface area contributed by atoms with Gasteiger partial charge >= 0.3 is 0 Å². The van der Waals surface area contributed by atoms with Crippen LogP contribution in [-0.2, 0) is 0 Å². The smallest absolute Gasteiger partial charge is 0.208 e. The molecule has 0 spiro atoms. The number of aliphatic imine (C=N–C) groups is 2. The molecule has 0 radical (unpaired) electrons. The Morgan fingerprint density at radius 2 is 1.45 bits per heavy atom. The second kappa shape index (κ2) is 8.72. The maximum atomic E-state index is 10.3. The van der Waals surface area contributed by atoms with Crippen molar-refractivity contribution in [3.05, 3.63) is 71.8 Å². The van der Waals surface area contributed by atoms with Crippen molar-refractivity contribution < 1.29 is 25.5 Å². The third kappa shape index (κ3) is 3.68. The maximum absolute atomic E-state index is 10.3. The van der Waals surface area contributed by atoms with E-state index in [0.29, 0.717) is 22.5 Å². The summed E-state index contributed by atoms with van der Waals surface area (Å²) in [5, 5.41) is 52.1. The Balaban J connectivity index is 1.94. The van der Waals surface area contributed by atoms with Crippen molar-refractivity contribution in [2.75, 3.05) is 6.00 Å². The molecular formula is C25H19ClN2O5. The third-order valence-electron chi connectivity index (χ3n) is 5.33. The summed E-state index contributed by atoms with van der Waals surface area (Å²) < 4.78 is 0. The van der Waals surface area contributed by atoms with Gasteiger partial charge in [0.05, 0.1) is 17.0 Å². The van der Waals surface area contributed by atoms with Crippen LogP contribution in [-0.4, -0.2) is 44.0 Å². The lowest BCUT2D eigenvalue weighted by molar-refractivity contribution is 0.330. The maximum Gasteiger partial charge on any atom is 0.208 e. The molecule has 0 bridgehead atoms. The van der Waals surface area contributed by atoms with Crippen LogP contribution in [0.15, 0.2) is 70.6 Å². The zero-order valence-electron chi connectivity index (χ0n) is 17.2. The normalized spacial score (nSPS) is 11.6. The largest absolute Gasteiger partial charge is 0.504 e. The number of fused-ring (bicyclic) bond motifs is 1. The summed E-state index contributed by atoms with van der Waals surface area (Å²) >= 11 is 5.97.